The van der Waals surface area contributed by atoms with Crippen molar-refractivity contribution >= 4 is 22.7 Å². The third-order valence-electron chi connectivity index (χ3n) is 4.33. The van der Waals surface area contributed by atoms with Crippen molar-refractivity contribution in [2.24, 2.45) is 0 Å². The van der Waals surface area contributed by atoms with E-state index in [1.807, 2.05) is 42.5 Å². The van der Waals surface area contributed by atoms with Crippen molar-refractivity contribution < 1.29 is 0 Å². The van der Waals surface area contributed by atoms with E-state index in [-0.39, 0.29) is 0 Å². The van der Waals surface area contributed by atoms with Crippen LogP contribution in [-0.4, -0.2) is 0 Å². The Morgan fingerprint density at radius 3 is 1.88 bits per heavy atom. The minimum absolute atomic E-state index is 0.758. The first-order valence-electron chi connectivity index (χ1n) is 8.44. The Labute approximate surface area is 157 Å². The van der Waals surface area contributed by atoms with Crippen LogP contribution in [0.3, 0.4) is 0 Å². The maximum Gasteiger partial charge on any atom is 0.246 e. The third kappa shape index (κ3) is 3.17. The fourth-order valence-electron chi connectivity index (χ4n) is 3.17. The highest BCUT2D eigenvalue weighted by molar-refractivity contribution is 7.13. The van der Waals surface area contributed by atoms with Gasteiger partial charge in [-0.3, -0.25) is 0 Å². The van der Waals surface area contributed by atoms with E-state index in [0.29, 0.717) is 0 Å². The van der Waals surface area contributed by atoms with E-state index >= 15 is 0 Å². The van der Waals surface area contributed by atoms with Crippen molar-refractivity contribution in [2.45, 2.75) is 0 Å². The third-order valence-corrected chi connectivity index (χ3v) is 5.27. The number of benzene rings is 3. The molecule has 4 rings (SSSR count). The standard InChI is InChI=1S/C23H19N2S/c24-19-10-4-8-17(14-19)22-21(16-6-2-1-3-7-16)12-13-26-23(22)18-9-5-11-20(25)15-18/h1-15H,24-25H2/q+1. The van der Waals surface area contributed by atoms with Crippen LogP contribution in [0.5, 0.6) is 0 Å². The molecule has 4 aromatic rings. The minimum Gasteiger partial charge on any atom is -0.399 e. The molecule has 0 aliphatic carbocycles. The van der Waals surface area contributed by atoms with Crippen LogP contribution in [0.1, 0.15) is 0 Å². The lowest BCUT2D eigenvalue weighted by Gasteiger charge is -2.11. The van der Waals surface area contributed by atoms with Crippen molar-refractivity contribution in [1.82, 2.24) is 0 Å². The highest BCUT2D eigenvalue weighted by Gasteiger charge is 2.22. The Balaban J connectivity index is 2.04. The molecule has 0 spiro atoms. The number of hydrogen-bond donors (Lipinski definition) is 2. The molecule has 0 atom stereocenters. The molecule has 0 bridgehead atoms. The Kier molecular flexibility index (Phi) is 4.38. The Morgan fingerprint density at radius 1 is 0.577 bits per heavy atom. The van der Waals surface area contributed by atoms with Crippen LogP contribution in [0, 0.1) is 0 Å². The number of nitrogens with two attached hydrogens (primary N) is 2. The summed E-state index contributed by atoms with van der Waals surface area (Å²) in [5, 5.41) is 2.14. The molecule has 3 heteroatoms. The Bertz CT molecular complexity index is 1060. The molecule has 0 aliphatic rings. The van der Waals surface area contributed by atoms with Gasteiger partial charge in [0.05, 0.1) is 5.56 Å². The average molecular weight is 355 g/mol. The first-order chi connectivity index (χ1) is 12.7. The zero-order chi connectivity index (χ0) is 17.9. The van der Waals surface area contributed by atoms with Crippen LogP contribution in [0.4, 0.5) is 11.4 Å². The van der Waals surface area contributed by atoms with E-state index in [2.05, 4.69) is 47.8 Å². The second-order valence-corrected chi connectivity index (χ2v) is 7.07. The molecule has 0 fully saturated rings. The Hall–Kier alpha value is -3.17. The summed E-state index contributed by atoms with van der Waals surface area (Å²) >= 11 is 1.71. The van der Waals surface area contributed by atoms with E-state index < -0.39 is 0 Å². The summed E-state index contributed by atoms with van der Waals surface area (Å²) in [5.74, 6) is 0. The van der Waals surface area contributed by atoms with Gasteiger partial charge < -0.3 is 11.5 Å². The lowest BCUT2D eigenvalue weighted by molar-refractivity contribution is 1.60. The van der Waals surface area contributed by atoms with Gasteiger partial charge in [-0.1, -0.05) is 48.5 Å². The van der Waals surface area contributed by atoms with E-state index in [9.17, 15) is 0 Å². The van der Waals surface area contributed by atoms with Gasteiger partial charge in [-0.2, -0.15) is 0 Å². The van der Waals surface area contributed by atoms with Gasteiger partial charge in [-0.15, -0.1) is 0 Å². The maximum atomic E-state index is 6.08. The monoisotopic (exact) mass is 355 g/mol. The molecule has 2 nitrogen and oxygen atoms in total. The van der Waals surface area contributed by atoms with Crippen LogP contribution >= 0.6 is 11.3 Å². The number of rotatable bonds is 3. The van der Waals surface area contributed by atoms with Crippen LogP contribution in [0.25, 0.3) is 32.7 Å². The fraction of sp³-hybridized carbons (Fsp3) is 0. The molecule has 0 amide bonds. The lowest BCUT2D eigenvalue weighted by atomic mass is 9.93. The van der Waals surface area contributed by atoms with E-state index in [0.717, 1.165) is 22.5 Å². The highest BCUT2D eigenvalue weighted by Crippen LogP contribution is 2.42. The molecule has 0 saturated heterocycles. The van der Waals surface area contributed by atoms with E-state index in [1.165, 1.54) is 21.6 Å². The maximum absolute atomic E-state index is 6.08. The smallest absolute Gasteiger partial charge is 0.246 e. The number of hydrogen-bond acceptors (Lipinski definition) is 2. The first kappa shape index (κ1) is 16.3. The number of nitrogen functional groups attached to an aromatic ring is 2. The molecule has 3 aromatic carbocycles. The summed E-state index contributed by atoms with van der Waals surface area (Å²) in [5.41, 5.74) is 19.4. The minimum atomic E-state index is 0.758. The fourth-order valence-corrected chi connectivity index (χ4v) is 4.11. The van der Waals surface area contributed by atoms with Crippen molar-refractivity contribution in [3.8, 4) is 32.7 Å². The summed E-state index contributed by atoms with van der Waals surface area (Å²) in [4.78, 5) is 1.18. The normalized spacial score (nSPS) is 10.6. The summed E-state index contributed by atoms with van der Waals surface area (Å²) < 4.78 is 0. The number of anilines is 2. The Morgan fingerprint density at radius 2 is 1.19 bits per heavy atom. The average Bonchev–Trinajstić information content (AvgIpc) is 2.68. The van der Waals surface area contributed by atoms with Gasteiger partial charge >= 0.3 is 0 Å². The van der Waals surface area contributed by atoms with Gasteiger partial charge in [0.15, 0.2) is 5.38 Å². The van der Waals surface area contributed by atoms with E-state index in [1.54, 1.807) is 11.3 Å². The molecule has 1 aromatic heterocycles. The molecule has 0 radical (unpaired) electrons. The van der Waals surface area contributed by atoms with Gasteiger partial charge in [0.25, 0.3) is 0 Å². The summed E-state index contributed by atoms with van der Waals surface area (Å²) in [6.45, 7) is 0. The molecule has 4 N–H and O–H groups in total. The van der Waals surface area contributed by atoms with Crippen molar-refractivity contribution in [2.75, 3.05) is 11.5 Å². The highest BCUT2D eigenvalue weighted by atomic mass is 32.1. The van der Waals surface area contributed by atoms with E-state index in [4.69, 9.17) is 11.5 Å². The van der Waals surface area contributed by atoms with Gasteiger partial charge in [0.2, 0.25) is 16.2 Å². The molecule has 0 saturated carbocycles. The van der Waals surface area contributed by atoms with Crippen LogP contribution in [0.2, 0.25) is 0 Å². The molecule has 0 unspecified atom stereocenters. The van der Waals surface area contributed by atoms with Crippen LogP contribution in [-0.2, 0) is 0 Å². The summed E-state index contributed by atoms with van der Waals surface area (Å²) in [6, 6.07) is 28.7. The molecule has 126 valence electrons. The second-order valence-electron chi connectivity index (χ2n) is 6.16. The summed E-state index contributed by atoms with van der Waals surface area (Å²) in [6.07, 6.45) is 0. The van der Waals surface area contributed by atoms with Gasteiger partial charge in [0, 0.05) is 28.6 Å². The van der Waals surface area contributed by atoms with Crippen LogP contribution in [0.15, 0.2) is 90.3 Å². The molecular weight excluding hydrogens is 336 g/mol. The second kappa shape index (κ2) is 6.98. The quantitative estimate of drug-likeness (QED) is 0.340. The van der Waals surface area contributed by atoms with Gasteiger partial charge in [-0.25, -0.2) is 0 Å². The molecule has 1 heterocycles. The molecule has 0 aliphatic heterocycles. The predicted molar refractivity (Wildman–Crippen MR) is 114 cm³/mol. The van der Waals surface area contributed by atoms with Crippen LogP contribution < -0.4 is 11.5 Å². The molecular formula is C23H19N2S+. The van der Waals surface area contributed by atoms with Gasteiger partial charge in [-0.05, 0) is 41.5 Å². The SMILES string of the molecule is Nc1cccc(-c2[s+]ccc(-c3ccccc3)c2-c2cccc(N)c2)c1. The topological polar surface area (TPSA) is 52.0 Å². The van der Waals surface area contributed by atoms with Crippen molar-refractivity contribution in [1.29, 1.82) is 0 Å². The lowest BCUT2D eigenvalue weighted by Crippen LogP contribution is -1.92. The first-order valence-corrected chi connectivity index (χ1v) is 9.32. The predicted octanol–water partition coefficient (Wildman–Crippen LogP) is 6.19. The largest absolute Gasteiger partial charge is 0.399 e. The van der Waals surface area contributed by atoms with Crippen molar-refractivity contribution in [3.63, 3.8) is 0 Å². The molecule has 26 heavy (non-hydrogen) atoms. The van der Waals surface area contributed by atoms with Crippen molar-refractivity contribution in [3.05, 3.63) is 90.3 Å². The van der Waals surface area contributed by atoms with Gasteiger partial charge in [0.1, 0.15) is 0 Å². The summed E-state index contributed by atoms with van der Waals surface area (Å²) in [7, 11) is 0. The zero-order valence-corrected chi connectivity index (χ0v) is 15.0. The zero-order valence-electron chi connectivity index (χ0n) is 14.2.